The number of halogens is 1. The van der Waals surface area contributed by atoms with Crippen LogP contribution in [-0.2, 0) is 4.79 Å². The SMILES string of the molecule is COc1cc(OC)c(NC(=O)C(C)(C)C#N)cc1Cl. The van der Waals surface area contributed by atoms with Gasteiger partial charge in [0.2, 0.25) is 5.91 Å². The number of anilines is 1. The number of nitriles is 1. The second-order valence-corrected chi connectivity index (χ2v) is 4.79. The minimum absolute atomic E-state index is 0.341. The van der Waals surface area contributed by atoms with Crippen molar-refractivity contribution >= 4 is 23.2 Å². The topological polar surface area (TPSA) is 71.3 Å². The summed E-state index contributed by atoms with van der Waals surface area (Å²) >= 11 is 5.99. The average Bonchev–Trinajstić information content (AvgIpc) is 2.39. The molecule has 0 bridgehead atoms. The lowest BCUT2D eigenvalue weighted by Crippen LogP contribution is -2.29. The molecule has 1 rings (SSSR count). The maximum absolute atomic E-state index is 11.9. The van der Waals surface area contributed by atoms with Crippen LogP contribution in [0.3, 0.4) is 0 Å². The van der Waals surface area contributed by atoms with Crippen molar-refractivity contribution in [2.45, 2.75) is 13.8 Å². The molecule has 5 nitrogen and oxygen atoms in total. The highest BCUT2D eigenvalue weighted by atomic mass is 35.5. The molecule has 19 heavy (non-hydrogen) atoms. The van der Waals surface area contributed by atoms with Crippen molar-refractivity contribution in [3.8, 4) is 17.6 Å². The maximum Gasteiger partial charge on any atom is 0.244 e. The first-order valence-electron chi connectivity index (χ1n) is 5.50. The third-order valence-corrected chi connectivity index (χ3v) is 2.86. The number of methoxy groups -OCH3 is 2. The predicted octanol–water partition coefficient (Wildman–Crippen LogP) is 2.85. The molecular weight excluding hydrogens is 268 g/mol. The quantitative estimate of drug-likeness (QED) is 0.922. The van der Waals surface area contributed by atoms with Gasteiger partial charge in [0.25, 0.3) is 0 Å². The van der Waals surface area contributed by atoms with E-state index in [0.29, 0.717) is 22.2 Å². The van der Waals surface area contributed by atoms with Crippen LogP contribution in [0.5, 0.6) is 11.5 Å². The number of ether oxygens (including phenoxy) is 2. The third-order valence-electron chi connectivity index (χ3n) is 2.57. The molecule has 0 heterocycles. The molecule has 0 radical (unpaired) electrons. The Labute approximate surface area is 117 Å². The molecule has 1 aromatic rings. The Hall–Kier alpha value is -1.93. The molecule has 102 valence electrons. The van der Waals surface area contributed by atoms with Gasteiger partial charge in [-0.1, -0.05) is 11.6 Å². The van der Waals surface area contributed by atoms with Crippen molar-refractivity contribution in [1.82, 2.24) is 0 Å². The van der Waals surface area contributed by atoms with Crippen molar-refractivity contribution in [3.05, 3.63) is 17.2 Å². The van der Waals surface area contributed by atoms with Crippen LogP contribution in [0.2, 0.25) is 5.02 Å². The van der Waals surface area contributed by atoms with Crippen molar-refractivity contribution in [2.24, 2.45) is 5.41 Å². The van der Waals surface area contributed by atoms with Crippen LogP contribution < -0.4 is 14.8 Å². The largest absolute Gasteiger partial charge is 0.495 e. The second kappa shape index (κ2) is 5.81. The highest BCUT2D eigenvalue weighted by molar-refractivity contribution is 6.32. The van der Waals surface area contributed by atoms with Crippen LogP contribution in [-0.4, -0.2) is 20.1 Å². The Morgan fingerprint density at radius 2 is 1.89 bits per heavy atom. The lowest BCUT2D eigenvalue weighted by molar-refractivity contribution is -0.121. The molecule has 0 aliphatic rings. The van der Waals surface area contributed by atoms with E-state index in [1.165, 1.54) is 34.1 Å². The van der Waals surface area contributed by atoms with Gasteiger partial charge in [0.05, 0.1) is 31.0 Å². The van der Waals surface area contributed by atoms with Crippen LogP contribution in [0, 0.1) is 16.7 Å². The van der Waals surface area contributed by atoms with E-state index in [9.17, 15) is 4.79 Å². The van der Waals surface area contributed by atoms with Gasteiger partial charge >= 0.3 is 0 Å². The molecule has 0 saturated heterocycles. The van der Waals surface area contributed by atoms with Gasteiger partial charge in [0.1, 0.15) is 16.9 Å². The van der Waals surface area contributed by atoms with Crippen LogP contribution in [0.1, 0.15) is 13.8 Å². The number of benzene rings is 1. The number of amides is 1. The summed E-state index contributed by atoms with van der Waals surface area (Å²) in [5.74, 6) is 0.411. The van der Waals surface area contributed by atoms with Gasteiger partial charge in [-0.2, -0.15) is 5.26 Å². The van der Waals surface area contributed by atoms with Gasteiger partial charge < -0.3 is 14.8 Å². The molecule has 0 atom stereocenters. The molecule has 0 fully saturated rings. The van der Waals surface area contributed by atoms with E-state index < -0.39 is 11.3 Å². The van der Waals surface area contributed by atoms with E-state index >= 15 is 0 Å². The fraction of sp³-hybridized carbons (Fsp3) is 0.385. The molecular formula is C13H15ClN2O3. The number of nitrogens with zero attached hydrogens (tertiary/aromatic N) is 1. The van der Waals surface area contributed by atoms with E-state index in [4.69, 9.17) is 26.3 Å². The minimum atomic E-state index is -1.14. The van der Waals surface area contributed by atoms with Gasteiger partial charge in [0.15, 0.2) is 0 Å². The van der Waals surface area contributed by atoms with Gasteiger partial charge in [-0.05, 0) is 19.9 Å². The number of hydrogen-bond acceptors (Lipinski definition) is 4. The molecule has 1 amide bonds. The number of carbonyl (C=O) groups excluding carboxylic acids is 1. The monoisotopic (exact) mass is 282 g/mol. The molecule has 1 aromatic carbocycles. The highest BCUT2D eigenvalue weighted by Crippen LogP contribution is 2.36. The molecule has 0 aliphatic heterocycles. The number of nitrogens with one attached hydrogen (secondary N) is 1. The predicted molar refractivity (Wildman–Crippen MR) is 72.6 cm³/mol. The lowest BCUT2D eigenvalue weighted by atomic mass is 9.94. The normalized spacial score (nSPS) is 10.5. The zero-order valence-electron chi connectivity index (χ0n) is 11.2. The van der Waals surface area contributed by atoms with Crippen molar-refractivity contribution in [3.63, 3.8) is 0 Å². The molecule has 6 heteroatoms. The summed E-state index contributed by atoms with van der Waals surface area (Å²) in [6.45, 7) is 3.06. The first-order chi connectivity index (χ1) is 8.85. The molecule has 0 saturated carbocycles. The molecule has 0 aromatic heterocycles. The fourth-order valence-corrected chi connectivity index (χ4v) is 1.53. The van der Waals surface area contributed by atoms with Crippen molar-refractivity contribution in [2.75, 3.05) is 19.5 Å². The van der Waals surface area contributed by atoms with Crippen LogP contribution in [0.4, 0.5) is 5.69 Å². The highest BCUT2D eigenvalue weighted by Gasteiger charge is 2.28. The van der Waals surface area contributed by atoms with Crippen LogP contribution in [0.15, 0.2) is 12.1 Å². The first kappa shape index (κ1) is 15.1. The molecule has 0 aliphatic carbocycles. The number of carbonyl (C=O) groups is 1. The van der Waals surface area contributed by atoms with Gasteiger partial charge in [-0.25, -0.2) is 0 Å². The zero-order chi connectivity index (χ0) is 14.6. The zero-order valence-corrected chi connectivity index (χ0v) is 12.0. The smallest absolute Gasteiger partial charge is 0.244 e. The van der Waals surface area contributed by atoms with Gasteiger partial charge in [-0.3, -0.25) is 4.79 Å². The first-order valence-corrected chi connectivity index (χ1v) is 5.87. The average molecular weight is 283 g/mol. The Balaban J connectivity index is 3.12. The Bertz CT molecular complexity index is 535. The molecule has 0 spiro atoms. The number of hydrogen-bond donors (Lipinski definition) is 1. The van der Waals surface area contributed by atoms with E-state index in [1.54, 1.807) is 6.07 Å². The number of rotatable bonds is 4. The third kappa shape index (κ3) is 3.30. The van der Waals surface area contributed by atoms with Crippen molar-refractivity contribution in [1.29, 1.82) is 5.26 Å². The standard InChI is InChI=1S/C13H15ClN2O3/c1-13(2,7-15)12(17)16-9-5-8(14)10(18-3)6-11(9)19-4/h5-6H,1-4H3,(H,16,17). The summed E-state index contributed by atoms with van der Waals surface area (Å²) in [6.07, 6.45) is 0. The molecule has 0 unspecified atom stereocenters. The van der Waals surface area contributed by atoms with E-state index in [0.717, 1.165) is 0 Å². The summed E-state index contributed by atoms with van der Waals surface area (Å²) in [6, 6.07) is 5.01. The van der Waals surface area contributed by atoms with Crippen LogP contribution >= 0.6 is 11.6 Å². The van der Waals surface area contributed by atoms with Gasteiger partial charge in [-0.15, -0.1) is 0 Å². The Morgan fingerprint density at radius 3 is 2.37 bits per heavy atom. The summed E-state index contributed by atoms with van der Waals surface area (Å²) in [4.78, 5) is 11.9. The maximum atomic E-state index is 11.9. The minimum Gasteiger partial charge on any atom is -0.495 e. The summed E-state index contributed by atoms with van der Waals surface area (Å²) in [5.41, 5.74) is -0.751. The van der Waals surface area contributed by atoms with Crippen molar-refractivity contribution < 1.29 is 14.3 Å². The lowest BCUT2D eigenvalue weighted by Gasteiger charge is -2.17. The fourth-order valence-electron chi connectivity index (χ4n) is 1.29. The van der Waals surface area contributed by atoms with Crippen LogP contribution in [0.25, 0.3) is 0 Å². The molecule has 1 N–H and O–H groups in total. The van der Waals surface area contributed by atoms with E-state index in [2.05, 4.69) is 5.32 Å². The summed E-state index contributed by atoms with van der Waals surface area (Å²) in [7, 11) is 2.95. The van der Waals surface area contributed by atoms with E-state index in [-0.39, 0.29) is 0 Å². The second-order valence-electron chi connectivity index (χ2n) is 4.38. The Kier molecular flexibility index (Phi) is 4.62. The summed E-state index contributed by atoms with van der Waals surface area (Å²) < 4.78 is 10.2. The van der Waals surface area contributed by atoms with E-state index in [1.807, 2.05) is 6.07 Å². The Morgan fingerprint density at radius 1 is 1.32 bits per heavy atom. The van der Waals surface area contributed by atoms with Gasteiger partial charge in [0, 0.05) is 6.07 Å². The summed E-state index contributed by atoms with van der Waals surface area (Å²) in [5, 5.41) is 11.9.